The summed E-state index contributed by atoms with van der Waals surface area (Å²) < 4.78 is 27.2. The minimum Gasteiger partial charge on any atom is -0.207 e. The molecule has 1 aromatic carbocycles. The predicted octanol–water partition coefficient (Wildman–Crippen LogP) is 2.95. The van der Waals surface area contributed by atoms with Crippen LogP contribution in [-0.2, 0) is 10.0 Å². The second kappa shape index (κ2) is 4.91. The highest BCUT2D eigenvalue weighted by atomic mass is 32.2. The van der Waals surface area contributed by atoms with Crippen molar-refractivity contribution in [2.75, 3.05) is 6.54 Å². The van der Waals surface area contributed by atoms with E-state index in [4.69, 9.17) is 0 Å². The monoisotopic (exact) mass is 279 g/mol. The molecular weight excluding hydrogens is 258 g/mol. The van der Waals surface area contributed by atoms with Gasteiger partial charge in [-0.25, -0.2) is 8.42 Å². The molecule has 0 amide bonds. The average Bonchev–Trinajstić information content (AvgIpc) is 2.83. The molecule has 104 valence electrons. The lowest BCUT2D eigenvalue weighted by Crippen LogP contribution is -2.39. The van der Waals surface area contributed by atoms with Crippen LogP contribution in [0.15, 0.2) is 29.2 Å². The molecule has 1 aliphatic heterocycles. The SMILES string of the molecule is Cc1ccc(S(=O)(=O)N2CCC3CCCCC32)cc1. The summed E-state index contributed by atoms with van der Waals surface area (Å²) in [5.74, 6) is 0.592. The Morgan fingerprint density at radius 1 is 1.05 bits per heavy atom. The molecule has 2 fully saturated rings. The molecule has 0 aromatic heterocycles. The van der Waals surface area contributed by atoms with Crippen LogP contribution in [0.5, 0.6) is 0 Å². The molecular formula is C15H21NO2S. The molecule has 4 heteroatoms. The predicted molar refractivity (Wildman–Crippen MR) is 75.4 cm³/mol. The van der Waals surface area contributed by atoms with Crippen LogP contribution in [0.25, 0.3) is 0 Å². The van der Waals surface area contributed by atoms with Crippen LogP contribution >= 0.6 is 0 Å². The first-order valence-corrected chi connectivity index (χ1v) is 8.61. The largest absolute Gasteiger partial charge is 0.243 e. The lowest BCUT2D eigenvalue weighted by Gasteiger charge is -2.31. The Balaban J connectivity index is 1.90. The first-order chi connectivity index (χ1) is 9.09. The van der Waals surface area contributed by atoms with Crippen molar-refractivity contribution in [2.45, 2.75) is 50.0 Å². The summed E-state index contributed by atoms with van der Waals surface area (Å²) in [5, 5.41) is 0. The highest BCUT2D eigenvalue weighted by Gasteiger charge is 2.42. The molecule has 3 nitrogen and oxygen atoms in total. The van der Waals surface area contributed by atoms with E-state index >= 15 is 0 Å². The van der Waals surface area contributed by atoms with Crippen molar-refractivity contribution in [2.24, 2.45) is 5.92 Å². The maximum Gasteiger partial charge on any atom is 0.243 e. The van der Waals surface area contributed by atoms with Crippen molar-refractivity contribution < 1.29 is 8.42 Å². The third-order valence-corrected chi connectivity index (χ3v) is 6.53. The molecule has 3 rings (SSSR count). The molecule has 2 atom stereocenters. The van der Waals surface area contributed by atoms with Crippen molar-refractivity contribution >= 4 is 10.0 Å². The van der Waals surface area contributed by atoms with E-state index in [0.29, 0.717) is 17.4 Å². The Bertz CT molecular complexity index is 550. The van der Waals surface area contributed by atoms with Gasteiger partial charge in [-0.2, -0.15) is 4.31 Å². The fourth-order valence-corrected chi connectivity index (χ4v) is 5.24. The molecule has 0 spiro atoms. The van der Waals surface area contributed by atoms with E-state index in [0.717, 1.165) is 18.4 Å². The van der Waals surface area contributed by atoms with Crippen LogP contribution in [0.3, 0.4) is 0 Å². The Morgan fingerprint density at radius 3 is 2.47 bits per heavy atom. The van der Waals surface area contributed by atoms with Crippen molar-refractivity contribution in [1.82, 2.24) is 4.31 Å². The summed E-state index contributed by atoms with van der Waals surface area (Å²) in [7, 11) is -3.29. The number of nitrogens with zero attached hydrogens (tertiary/aromatic N) is 1. The number of hydrogen-bond acceptors (Lipinski definition) is 2. The molecule has 19 heavy (non-hydrogen) atoms. The van der Waals surface area contributed by atoms with E-state index in [1.54, 1.807) is 16.4 Å². The van der Waals surface area contributed by atoms with Gasteiger partial charge in [0.15, 0.2) is 0 Å². The van der Waals surface area contributed by atoms with Gasteiger partial charge in [0.05, 0.1) is 4.90 Å². The van der Waals surface area contributed by atoms with Crippen LogP contribution in [0.1, 0.15) is 37.7 Å². The van der Waals surface area contributed by atoms with Crippen LogP contribution in [0.2, 0.25) is 0 Å². The number of rotatable bonds is 2. The van der Waals surface area contributed by atoms with E-state index in [1.165, 1.54) is 19.3 Å². The van der Waals surface area contributed by atoms with E-state index < -0.39 is 10.0 Å². The van der Waals surface area contributed by atoms with Crippen molar-refractivity contribution in [3.8, 4) is 0 Å². The van der Waals surface area contributed by atoms with Crippen LogP contribution in [-0.4, -0.2) is 25.3 Å². The molecule has 2 unspecified atom stereocenters. The van der Waals surface area contributed by atoms with Crippen LogP contribution < -0.4 is 0 Å². The second-order valence-corrected chi connectivity index (χ2v) is 7.72. The normalized spacial score (nSPS) is 28.3. The molecule has 0 N–H and O–H groups in total. The molecule has 0 radical (unpaired) electrons. The van der Waals surface area contributed by atoms with Gasteiger partial charge in [0.25, 0.3) is 0 Å². The van der Waals surface area contributed by atoms with Gasteiger partial charge < -0.3 is 0 Å². The average molecular weight is 279 g/mol. The number of fused-ring (bicyclic) bond motifs is 1. The maximum atomic E-state index is 12.7. The summed E-state index contributed by atoms with van der Waals surface area (Å²) in [4.78, 5) is 0.448. The highest BCUT2D eigenvalue weighted by molar-refractivity contribution is 7.89. The van der Waals surface area contributed by atoms with Gasteiger partial charge >= 0.3 is 0 Å². The Labute approximate surface area is 115 Å². The summed E-state index contributed by atoms with van der Waals surface area (Å²) in [6.45, 7) is 2.68. The van der Waals surface area contributed by atoms with Crippen LogP contribution in [0, 0.1) is 12.8 Å². The molecule has 2 aliphatic rings. The topological polar surface area (TPSA) is 37.4 Å². The van der Waals surface area contributed by atoms with E-state index in [-0.39, 0.29) is 6.04 Å². The number of benzene rings is 1. The fourth-order valence-electron chi connectivity index (χ4n) is 3.51. The van der Waals surface area contributed by atoms with E-state index in [2.05, 4.69) is 0 Å². The van der Waals surface area contributed by atoms with Gasteiger partial charge in [-0.3, -0.25) is 0 Å². The highest BCUT2D eigenvalue weighted by Crippen LogP contribution is 2.39. The zero-order chi connectivity index (χ0) is 13.5. The molecule has 1 heterocycles. The molecule has 1 saturated carbocycles. The molecule has 1 saturated heterocycles. The maximum absolute atomic E-state index is 12.7. The minimum absolute atomic E-state index is 0.250. The van der Waals surface area contributed by atoms with Gasteiger partial charge in [-0.05, 0) is 44.2 Å². The third-order valence-electron chi connectivity index (χ3n) is 4.59. The molecule has 1 aliphatic carbocycles. The summed E-state index contributed by atoms with van der Waals surface area (Å²) in [6, 6.07) is 7.48. The summed E-state index contributed by atoms with van der Waals surface area (Å²) >= 11 is 0. The molecule has 0 bridgehead atoms. The zero-order valence-corrected chi connectivity index (χ0v) is 12.2. The first kappa shape index (κ1) is 13.1. The van der Waals surface area contributed by atoms with Crippen molar-refractivity contribution in [1.29, 1.82) is 0 Å². The fraction of sp³-hybridized carbons (Fsp3) is 0.600. The van der Waals surface area contributed by atoms with E-state index in [9.17, 15) is 8.42 Å². The lowest BCUT2D eigenvalue weighted by molar-refractivity contribution is 0.260. The van der Waals surface area contributed by atoms with Gasteiger partial charge in [-0.15, -0.1) is 0 Å². The zero-order valence-electron chi connectivity index (χ0n) is 11.4. The number of sulfonamides is 1. The minimum atomic E-state index is -3.29. The first-order valence-electron chi connectivity index (χ1n) is 7.17. The second-order valence-electron chi connectivity index (χ2n) is 5.83. The summed E-state index contributed by atoms with van der Waals surface area (Å²) in [6.07, 6.45) is 5.71. The van der Waals surface area contributed by atoms with E-state index in [1.807, 2.05) is 19.1 Å². The van der Waals surface area contributed by atoms with Gasteiger partial charge in [-0.1, -0.05) is 30.5 Å². The van der Waals surface area contributed by atoms with Gasteiger partial charge in [0.1, 0.15) is 0 Å². The molecule has 1 aromatic rings. The van der Waals surface area contributed by atoms with Gasteiger partial charge in [0.2, 0.25) is 10.0 Å². The van der Waals surface area contributed by atoms with Crippen LogP contribution in [0.4, 0.5) is 0 Å². The quantitative estimate of drug-likeness (QED) is 0.834. The third kappa shape index (κ3) is 2.32. The number of hydrogen-bond donors (Lipinski definition) is 0. The summed E-state index contributed by atoms with van der Waals surface area (Å²) in [5.41, 5.74) is 1.09. The lowest BCUT2D eigenvalue weighted by atomic mass is 9.86. The standard InChI is InChI=1S/C15H21NO2S/c1-12-6-8-14(9-7-12)19(17,18)16-11-10-13-4-2-3-5-15(13)16/h6-9,13,15H,2-5,10-11H2,1H3. The van der Waals surface area contributed by atoms with Crippen molar-refractivity contribution in [3.05, 3.63) is 29.8 Å². The Hall–Kier alpha value is -0.870. The Morgan fingerprint density at radius 2 is 1.74 bits per heavy atom. The smallest absolute Gasteiger partial charge is 0.207 e. The van der Waals surface area contributed by atoms with Gasteiger partial charge in [0, 0.05) is 12.6 Å². The Kier molecular flexibility index (Phi) is 3.39. The van der Waals surface area contributed by atoms with Crippen molar-refractivity contribution in [3.63, 3.8) is 0 Å². The number of aryl methyl sites for hydroxylation is 1.